The average molecular weight is 503 g/mol. The van der Waals surface area contributed by atoms with E-state index in [-0.39, 0.29) is 5.41 Å². The van der Waals surface area contributed by atoms with Gasteiger partial charge in [0.1, 0.15) is 0 Å². The van der Waals surface area contributed by atoms with Crippen molar-refractivity contribution in [2.75, 3.05) is 0 Å². The number of halogens is 1. The topological polar surface area (TPSA) is 25.8 Å². The first-order valence-electron chi connectivity index (χ1n) is 11.5. The van der Waals surface area contributed by atoms with Gasteiger partial charge < -0.3 is 0 Å². The Morgan fingerprint density at radius 1 is 0.559 bits per heavy atom. The van der Waals surface area contributed by atoms with Crippen molar-refractivity contribution in [2.45, 2.75) is 19.3 Å². The van der Waals surface area contributed by atoms with Crippen molar-refractivity contribution in [3.8, 4) is 45.0 Å². The van der Waals surface area contributed by atoms with Crippen molar-refractivity contribution in [2.24, 2.45) is 0 Å². The molecule has 0 atom stereocenters. The number of fused-ring (bicyclic) bond motifs is 3. The third kappa shape index (κ3) is 3.48. The molecule has 1 aromatic heterocycles. The summed E-state index contributed by atoms with van der Waals surface area (Å²) < 4.78 is 1.11. The molecule has 0 bridgehead atoms. The lowest BCUT2D eigenvalue weighted by Gasteiger charge is -2.22. The molecular weight excluding hydrogens is 480 g/mol. The number of hydrogen-bond donors (Lipinski definition) is 0. The summed E-state index contributed by atoms with van der Waals surface area (Å²) in [6, 6.07) is 36.0. The molecule has 0 fully saturated rings. The minimum absolute atomic E-state index is 0.0935. The Morgan fingerprint density at radius 3 is 1.68 bits per heavy atom. The quantitative estimate of drug-likeness (QED) is 0.247. The molecule has 5 aromatic rings. The first kappa shape index (κ1) is 21.0. The number of hydrogen-bond acceptors (Lipinski definition) is 2. The summed E-state index contributed by atoms with van der Waals surface area (Å²) in [6.07, 6.45) is 0. The highest BCUT2D eigenvalue weighted by molar-refractivity contribution is 9.10. The molecule has 0 aliphatic heterocycles. The van der Waals surface area contributed by atoms with Crippen molar-refractivity contribution in [3.05, 3.63) is 119 Å². The van der Waals surface area contributed by atoms with Gasteiger partial charge in [-0.3, -0.25) is 0 Å². The number of benzene rings is 4. The lowest BCUT2D eigenvalue weighted by Crippen LogP contribution is -2.15. The Labute approximate surface area is 208 Å². The maximum absolute atomic E-state index is 5.02. The summed E-state index contributed by atoms with van der Waals surface area (Å²) in [5.74, 6) is 0.746. The molecule has 0 N–H and O–H groups in total. The maximum Gasteiger partial charge on any atom is 0.160 e. The van der Waals surface area contributed by atoms with Crippen LogP contribution in [0.25, 0.3) is 45.0 Å². The summed E-state index contributed by atoms with van der Waals surface area (Å²) in [5.41, 5.74) is 10.2. The number of nitrogens with zero attached hydrogens (tertiary/aromatic N) is 2. The van der Waals surface area contributed by atoms with Gasteiger partial charge in [-0.1, -0.05) is 109 Å². The smallest absolute Gasteiger partial charge is 0.160 e. The van der Waals surface area contributed by atoms with Crippen molar-refractivity contribution < 1.29 is 0 Å². The zero-order valence-corrected chi connectivity index (χ0v) is 20.7. The van der Waals surface area contributed by atoms with Crippen LogP contribution in [0.5, 0.6) is 0 Å². The van der Waals surface area contributed by atoms with E-state index in [4.69, 9.17) is 9.97 Å². The van der Waals surface area contributed by atoms with Gasteiger partial charge in [0.25, 0.3) is 0 Å². The van der Waals surface area contributed by atoms with Gasteiger partial charge in [0.15, 0.2) is 5.82 Å². The van der Waals surface area contributed by atoms with E-state index in [1.54, 1.807) is 0 Å². The van der Waals surface area contributed by atoms with Gasteiger partial charge in [-0.2, -0.15) is 0 Å². The van der Waals surface area contributed by atoms with Gasteiger partial charge in [-0.05, 0) is 46.5 Å². The van der Waals surface area contributed by atoms with Gasteiger partial charge in [0.05, 0.1) is 11.4 Å². The Morgan fingerprint density at radius 2 is 1.09 bits per heavy atom. The van der Waals surface area contributed by atoms with E-state index in [0.29, 0.717) is 0 Å². The summed E-state index contributed by atoms with van der Waals surface area (Å²) in [4.78, 5) is 10.0. The van der Waals surface area contributed by atoms with E-state index in [1.807, 2.05) is 36.4 Å². The van der Waals surface area contributed by atoms with E-state index < -0.39 is 0 Å². The van der Waals surface area contributed by atoms with Crippen LogP contribution in [0.15, 0.2) is 108 Å². The lowest BCUT2D eigenvalue weighted by atomic mass is 9.82. The van der Waals surface area contributed by atoms with E-state index in [0.717, 1.165) is 38.4 Å². The van der Waals surface area contributed by atoms with E-state index in [2.05, 4.69) is 96.5 Å². The van der Waals surface area contributed by atoms with E-state index >= 15 is 0 Å². The molecule has 1 heterocycles. The maximum atomic E-state index is 5.02. The molecule has 4 aromatic carbocycles. The fraction of sp³-hybridized carbons (Fsp3) is 0.0968. The van der Waals surface area contributed by atoms with Crippen LogP contribution in [0.3, 0.4) is 0 Å². The fourth-order valence-electron chi connectivity index (χ4n) is 4.94. The lowest BCUT2D eigenvalue weighted by molar-refractivity contribution is 0.660. The summed E-state index contributed by atoms with van der Waals surface area (Å²) in [7, 11) is 0. The second kappa shape index (κ2) is 8.03. The summed E-state index contributed by atoms with van der Waals surface area (Å²) >= 11 is 3.65. The van der Waals surface area contributed by atoms with Crippen LogP contribution in [-0.2, 0) is 5.41 Å². The number of aromatic nitrogens is 2. The molecule has 164 valence electrons. The predicted octanol–water partition coefficient (Wildman–Crippen LogP) is 8.55. The monoisotopic (exact) mass is 502 g/mol. The molecule has 6 rings (SSSR count). The van der Waals surface area contributed by atoms with Crippen LogP contribution >= 0.6 is 15.9 Å². The Hall–Kier alpha value is -3.56. The van der Waals surface area contributed by atoms with Crippen molar-refractivity contribution in [1.29, 1.82) is 0 Å². The second-order valence-corrected chi connectivity index (χ2v) is 10.2. The molecule has 0 amide bonds. The largest absolute Gasteiger partial charge is 0.228 e. The van der Waals surface area contributed by atoms with Crippen LogP contribution in [-0.4, -0.2) is 9.97 Å². The Kier molecular flexibility index (Phi) is 4.96. The first-order valence-corrected chi connectivity index (χ1v) is 12.3. The van der Waals surface area contributed by atoms with Crippen LogP contribution in [0.1, 0.15) is 25.0 Å². The van der Waals surface area contributed by atoms with Gasteiger partial charge in [-0.15, -0.1) is 0 Å². The minimum atomic E-state index is -0.0935. The summed E-state index contributed by atoms with van der Waals surface area (Å²) in [5, 5.41) is 0. The molecule has 3 heteroatoms. The third-order valence-electron chi connectivity index (χ3n) is 6.76. The summed E-state index contributed by atoms with van der Waals surface area (Å²) in [6.45, 7) is 4.59. The Balaban J connectivity index is 1.53. The normalized spacial score (nSPS) is 13.4. The van der Waals surface area contributed by atoms with Gasteiger partial charge in [0, 0.05) is 26.6 Å². The standard InChI is InChI=1S/C31H23BrN2/c1-31(2)26-17-22(13-15-24(26)25-16-14-23(32)18-27(25)31)30-33-28(20-9-5-3-6-10-20)19-29(34-30)21-11-7-4-8-12-21/h3-19H,1-2H3. The fourth-order valence-corrected chi connectivity index (χ4v) is 5.30. The highest BCUT2D eigenvalue weighted by Crippen LogP contribution is 2.50. The van der Waals surface area contributed by atoms with E-state index in [1.165, 1.54) is 22.3 Å². The molecule has 0 unspecified atom stereocenters. The van der Waals surface area contributed by atoms with Gasteiger partial charge in [0.2, 0.25) is 0 Å². The predicted molar refractivity (Wildman–Crippen MR) is 144 cm³/mol. The molecule has 1 aliphatic carbocycles. The van der Waals surface area contributed by atoms with Crippen LogP contribution < -0.4 is 0 Å². The van der Waals surface area contributed by atoms with Crippen LogP contribution in [0, 0.1) is 0 Å². The zero-order valence-electron chi connectivity index (χ0n) is 19.1. The highest BCUT2D eigenvalue weighted by atomic mass is 79.9. The molecular formula is C31H23BrN2. The van der Waals surface area contributed by atoms with E-state index in [9.17, 15) is 0 Å². The van der Waals surface area contributed by atoms with Crippen LogP contribution in [0.4, 0.5) is 0 Å². The number of rotatable bonds is 3. The second-order valence-electron chi connectivity index (χ2n) is 9.27. The molecule has 34 heavy (non-hydrogen) atoms. The highest BCUT2D eigenvalue weighted by Gasteiger charge is 2.35. The SMILES string of the molecule is CC1(C)c2cc(Br)ccc2-c2ccc(-c3nc(-c4ccccc4)cc(-c4ccccc4)n3)cc21. The third-order valence-corrected chi connectivity index (χ3v) is 7.25. The van der Waals surface area contributed by atoms with Crippen molar-refractivity contribution in [3.63, 3.8) is 0 Å². The minimum Gasteiger partial charge on any atom is -0.228 e. The molecule has 0 saturated carbocycles. The molecule has 2 nitrogen and oxygen atoms in total. The van der Waals surface area contributed by atoms with Crippen LogP contribution in [0.2, 0.25) is 0 Å². The average Bonchev–Trinajstić information content (AvgIpc) is 3.10. The first-order chi connectivity index (χ1) is 16.5. The van der Waals surface area contributed by atoms with Gasteiger partial charge >= 0.3 is 0 Å². The zero-order chi connectivity index (χ0) is 23.3. The Bertz CT molecular complexity index is 1460. The molecule has 1 aliphatic rings. The van der Waals surface area contributed by atoms with Crippen molar-refractivity contribution >= 4 is 15.9 Å². The van der Waals surface area contributed by atoms with Gasteiger partial charge in [-0.25, -0.2) is 9.97 Å². The van der Waals surface area contributed by atoms with Crippen molar-refractivity contribution in [1.82, 2.24) is 9.97 Å². The molecule has 0 saturated heterocycles. The molecule has 0 radical (unpaired) electrons. The molecule has 0 spiro atoms.